The molecule has 0 aliphatic heterocycles. The van der Waals surface area contributed by atoms with Crippen molar-refractivity contribution in [3.8, 4) is 0 Å². The van der Waals surface area contributed by atoms with Gasteiger partial charge in [-0.3, -0.25) is 4.79 Å². The fraction of sp³-hybridized carbons (Fsp3) is 0.500. The highest BCUT2D eigenvalue weighted by atomic mass is 35.5. The molecule has 0 aromatic heterocycles. The van der Waals surface area contributed by atoms with Crippen molar-refractivity contribution >= 4 is 17.5 Å². The summed E-state index contributed by atoms with van der Waals surface area (Å²) in [6.07, 6.45) is 2.61. The Hall–Kier alpha value is -1.02. The van der Waals surface area contributed by atoms with Gasteiger partial charge in [-0.2, -0.15) is 0 Å². The van der Waals surface area contributed by atoms with Crippen LogP contribution in [0.15, 0.2) is 24.3 Å². The van der Waals surface area contributed by atoms with Crippen molar-refractivity contribution in [2.75, 3.05) is 0 Å². The van der Waals surface area contributed by atoms with Crippen molar-refractivity contribution in [2.45, 2.75) is 38.6 Å². The second-order valence-corrected chi connectivity index (χ2v) is 5.68. The van der Waals surface area contributed by atoms with Crippen LogP contribution in [0.2, 0.25) is 5.02 Å². The van der Waals surface area contributed by atoms with Crippen LogP contribution < -0.4 is 5.32 Å². The largest absolute Gasteiger partial charge is 0.347 e. The number of amides is 1. The average molecular weight is 252 g/mol. The van der Waals surface area contributed by atoms with Crippen LogP contribution in [-0.4, -0.2) is 5.91 Å². The first-order chi connectivity index (χ1) is 8.02. The van der Waals surface area contributed by atoms with Crippen LogP contribution in [0.1, 0.15) is 38.7 Å². The Morgan fingerprint density at radius 1 is 1.47 bits per heavy atom. The van der Waals surface area contributed by atoms with E-state index in [0.717, 1.165) is 23.4 Å². The van der Waals surface area contributed by atoms with Gasteiger partial charge in [-0.15, -0.1) is 0 Å². The quantitative estimate of drug-likeness (QED) is 0.872. The van der Waals surface area contributed by atoms with Crippen LogP contribution in [-0.2, 0) is 10.3 Å². The molecule has 3 heteroatoms. The number of carbonyl (C=O) groups excluding carboxylic acids is 1. The van der Waals surface area contributed by atoms with E-state index in [1.807, 2.05) is 24.3 Å². The smallest absolute Gasteiger partial charge is 0.220 e. The number of benzene rings is 1. The topological polar surface area (TPSA) is 29.1 Å². The molecule has 2 rings (SSSR count). The first-order valence-corrected chi connectivity index (χ1v) is 6.47. The van der Waals surface area contributed by atoms with E-state index in [-0.39, 0.29) is 11.4 Å². The number of rotatable bonds is 4. The second kappa shape index (κ2) is 4.69. The van der Waals surface area contributed by atoms with Gasteiger partial charge in [0.25, 0.3) is 0 Å². The third-order valence-electron chi connectivity index (χ3n) is 3.10. The molecular weight excluding hydrogens is 234 g/mol. The van der Waals surface area contributed by atoms with Gasteiger partial charge < -0.3 is 5.32 Å². The fourth-order valence-corrected chi connectivity index (χ4v) is 2.28. The number of hydrogen-bond donors (Lipinski definition) is 1. The summed E-state index contributed by atoms with van der Waals surface area (Å²) in [6, 6.07) is 7.78. The lowest BCUT2D eigenvalue weighted by Gasteiger charge is -2.19. The molecule has 0 heterocycles. The summed E-state index contributed by atoms with van der Waals surface area (Å²) >= 11 is 5.99. The summed E-state index contributed by atoms with van der Waals surface area (Å²) in [5.41, 5.74) is 0.985. The van der Waals surface area contributed by atoms with E-state index < -0.39 is 0 Å². The second-order valence-electron chi connectivity index (χ2n) is 5.24. The maximum atomic E-state index is 11.8. The van der Waals surface area contributed by atoms with Crippen LogP contribution in [0.4, 0.5) is 0 Å². The van der Waals surface area contributed by atoms with Crippen molar-refractivity contribution in [1.29, 1.82) is 0 Å². The molecule has 1 N–H and O–H groups in total. The molecule has 0 saturated heterocycles. The first-order valence-electron chi connectivity index (χ1n) is 6.09. The summed E-state index contributed by atoms with van der Waals surface area (Å²) in [4.78, 5) is 11.8. The summed E-state index contributed by atoms with van der Waals surface area (Å²) in [5.74, 6) is 0.530. The van der Waals surface area contributed by atoms with E-state index in [1.165, 1.54) is 0 Å². The Morgan fingerprint density at radius 2 is 2.18 bits per heavy atom. The standard InChI is InChI=1S/C14H18ClNO/c1-10(2)8-13(17)16-14(6-7-14)11-4-3-5-12(15)9-11/h3-5,9-10H,6-8H2,1-2H3,(H,16,17). The lowest BCUT2D eigenvalue weighted by molar-refractivity contribution is -0.122. The minimum Gasteiger partial charge on any atom is -0.347 e. The first kappa shape index (κ1) is 12.4. The van der Waals surface area contributed by atoms with Crippen molar-refractivity contribution < 1.29 is 4.79 Å². The molecule has 0 spiro atoms. The van der Waals surface area contributed by atoms with Crippen molar-refractivity contribution in [1.82, 2.24) is 5.32 Å². The Kier molecular flexibility index (Phi) is 3.43. The lowest BCUT2D eigenvalue weighted by atomic mass is 10.0. The molecule has 1 aliphatic rings. The van der Waals surface area contributed by atoms with Crippen LogP contribution in [0.25, 0.3) is 0 Å². The van der Waals surface area contributed by atoms with E-state index in [2.05, 4.69) is 19.2 Å². The number of nitrogens with one attached hydrogen (secondary N) is 1. The van der Waals surface area contributed by atoms with Crippen LogP contribution >= 0.6 is 11.6 Å². The molecular formula is C14H18ClNO. The number of halogens is 1. The highest BCUT2D eigenvalue weighted by molar-refractivity contribution is 6.30. The maximum Gasteiger partial charge on any atom is 0.220 e. The third kappa shape index (κ3) is 3.01. The number of hydrogen-bond acceptors (Lipinski definition) is 1. The van der Waals surface area contributed by atoms with Gasteiger partial charge in [-0.05, 0) is 36.5 Å². The van der Waals surface area contributed by atoms with Crippen molar-refractivity contribution in [3.05, 3.63) is 34.9 Å². The molecule has 1 fully saturated rings. The SMILES string of the molecule is CC(C)CC(=O)NC1(c2cccc(Cl)c2)CC1. The molecule has 0 atom stereocenters. The van der Waals surface area contributed by atoms with Crippen LogP contribution in [0.3, 0.4) is 0 Å². The van der Waals surface area contributed by atoms with Crippen LogP contribution in [0, 0.1) is 5.92 Å². The monoisotopic (exact) mass is 251 g/mol. The normalized spacial score (nSPS) is 16.9. The van der Waals surface area contributed by atoms with Gasteiger partial charge in [-0.25, -0.2) is 0 Å². The Morgan fingerprint density at radius 3 is 2.71 bits per heavy atom. The highest BCUT2D eigenvalue weighted by Gasteiger charge is 2.45. The summed E-state index contributed by atoms with van der Waals surface area (Å²) < 4.78 is 0. The zero-order valence-electron chi connectivity index (χ0n) is 10.3. The molecule has 0 unspecified atom stereocenters. The molecule has 1 aliphatic carbocycles. The zero-order valence-corrected chi connectivity index (χ0v) is 11.1. The van der Waals surface area contributed by atoms with Crippen molar-refractivity contribution in [2.24, 2.45) is 5.92 Å². The lowest BCUT2D eigenvalue weighted by Crippen LogP contribution is -2.35. The molecule has 92 valence electrons. The Balaban J connectivity index is 2.07. The van der Waals surface area contributed by atoms with Gasteiger partial charge in [0.15, 0.2) is 0 Å². The fourth-order valence-electron chi connectivity index (χ4n) is 2.09. The Labute approximate surface area is 107 Å². The molecule has 17 heavy (non-hydrogen) atoms. The van der Waals surface area contributed by atoms with Gasteiger partial charge in [0.05, 0.1) is 5.54 Å². The van der Waals surface area contributed by atoms with Gasteiger partial charge in [0, 0.05) is 11.4 Å². The molecule has 1 aromatic rings. The van der Waals surface area contributed by atoms with Gasteiger partial charge >= 0.3 is 0 Å². The summed E-state index contributed by atoms with van der Waals surface area (Å²) in [7, 11) is 0. The predicted molar refractivity (Wildman–Crippen MR) is 70.0 cm³/mol. The van der Waals surface area contributed by atoms with Gasteiger partial charge in [0.2, 0.25) is 5.91 Å². The van der Waals surface area contributed by atoms with E-state index in [9.17, 15) is 4.79 Å². The number of carbonyl (C=O) groups is 1. The van der Waals surface area contributed by atoms with Gasteiger partial charge in [0.1, 0.15) is 0 Å². The molecule has 0 bridgehead atoms. The average Bonchev–Trinajstić information content (AvgIpc) is 2.97. The highest BCUT2D eigenvalue weighted by Crippen LogP contribution is 2.46. The van der Waals surface area contributed by atoms with E-state index in [4.69, 9.17) is 11.6 Å². The van der Waals surface area contributed by atoms with Crippen molar-refractivity contribution in [3.63, 3.8) is 0 Å². The third-order valence-corrected chi connectivity index (χ3v) is 3.33. The molecule has 1 amide bonds. The zero-order chi connectivity index (χ0) is 12.5. The molecule has 1 aromatic carbocycles. The molecule has 0 radical (unpaired) electrons. The maximum absolute atomic E-state index is 11.8. The molecule has 2 nitrogen and oxygen atoms in total. The van der Waals surface area contributed by atoms with E-state index in [1.54, 1.807) is 0 Å². The van der Waals surface area contributed by atoms with E-state index in [0.29, 0.717) is 12.3 Å². The Bertz CT molecular complexity index is 424. The summed E-state index contributed by atoms with van der Waals surface area (Å²) in [5, 5.41) is 3.87. The summed E-state index contributed by atoms with van der Waals surface area (Å²) in [6.45, 7) is 4.11. The predicted octanol–water partition coefficient (Wildman–Crippen LogP) is 3.49. The van der Waals surface area contributed by atoms with Gasteiger partial charge in [-0.1, -0.05) is 37.6 Å². The minimum atomic E-state index is -0.142. The minimum absolute atomic E-state index is 0.137. The molecule has 1 saturated carbocycles. The van der Waals surface area contributed by atoms with Crippen LogP contribution in [0.5, 0.6) is 0 Å². The van der Waals surface area contributed by atoms with E-state index >= 15 is 0 Å².